The second kappa shape index (κ2) is 6.16. The van der Waals surface area contributed by atoms with E-state index in [0.29, 0.717) is 0 Å². The Labute approximate surface area is 91.1 Å². The molecule has 0 aromatic carbocycles. The molecule has 6 N–H and O–H groups in total. The fourth-order valence-corrected chi connectivity index (χ4v) is 1.02. The zero-order valence-electron chi connectivity index (χ0n) is 8.53. The molecule has 1 amide bonds. The molecule has 0 rings (SSSR count). The number of rotatable bonds is 6. The van der Waals surface area contributed by atoms with E-state index in [1.54, 1.807) is 0 Å². The van der Waals surface area contributed by atoms with E-state index in [1.165, 1.54) is 0 Å². The Balaban J connectivity index is 4.60. The van der Waals surface area contributed by atoms with Crippen LogP contribution in [0.3, 0.4) is 0 Å². The topological polar surface area (TPSA) is 150 Å². The van der Waals surface area contributed by atoms with Crippen LogP contribution in [0.1, 0.15) is 6.92 Å². The number of hydrogen-bond donors (Lipinski definition) is 5. The second-order valence-electron chi connectivity index (χ2n) is 3.21. The Hall–Kier alpha value is -1.51. The smallest absolute Gasteiger partial charge is 0.335 e. The maximum atomic E-state index is 10.7. The summed E-state index contributed by atoms with van der Waals surface area (Å²) < 4.78 is 0. The molecule has 0 heterocycles. The predicted octanol–water partition coefficient (Wildman–Crippen LogP) is -3.18. The minimum atomic E-state index is -2.12. The fraction of sp³-hybridized carbons (Fsp3) is 0.625. The van der Waals surface area contributed by atoms with Crippen molar-refractivity contribution in [2.24, 2.45) is 5.73 Å². The van der Waals surface area contributed by atoms with Crippen LogP contribution in [-0.2, 0) is 14.4 Å². The van der Waals surface area contributed by atoms with E-state index >= 15 is 0 Å². The molecule has 92 valence electrons. The van der Waals surface area contributed by atoms with Crippen LogP contribution in [0, 0.1) is 0 Å². The molecular weight excluding hydrogens is 220 g/mol. The third-order valence-corrected chi connectivity index (χ3v) is 1.90. The van der Waals surface area contributed by atoms with Gasteiger partial charge in [0.2, 0.25) is 5.91 Å². The molecule has 0 fully saturated rings. The number of aliphatic hydroxyl groups excluding tert-OH is 2. The summed E-state index contributed by atoms with van der Waals surface area (Å²) in [6, 6.07) is -2.67. The van der Waals surface area contributed by atoms with Crippen LogP contribution in [0.2, 0.25) is 0 Å². The zero-order valence-corrected chi connectivity index (χ0v) is 8.53. The van der Waals surface area contributed by atoms with Crippen molar-refractivity contribution in [1.82, 2.24) is 5.32 Å². The van der Waals surface area contributed by atoms with Gasteiger partial charge in [0, 0.05) is 6.92 Å². The third-order valence-electron chi connectivity index (χ3n) is 1.90. The number of aldehydes is 1. The van der Waals surface area contributed by atoms with Gasteiger partial charge in [0.05, 0.1) is 6.04 Å². The van der Waals surface area contributed by atoms with E-state index in [2.05, 4.69) is 5.32 Å². The highest BCUT2D eigenvalue weighted by Crippen LogP contribution is 2.02. The maximum Gasteiger partial charge on any atom is 0.335 e. The maximum absolute atomic E-state index is 10.7. The highest BCUT2D eigenvalue weighted by molar-refractivity contribution is 5.78. The molecule has 0 saturated heterocycles. The van der Waals surface area contributed by atoms with Crippen molar-refractivity contribution >= 4 is 18.2 Å². The first-order chi connectivity index (χ1) is 7.31. The molecule has 0 aromatic heterocycles. The number of aliphatic hydroxyl groups is 2. The van der Waals surface area contributed by atoms with Gasteiger partial charge >= 0.3 is 5.97 Å². The van der Waals surface area contributed by atoms with Gasteiger partial charge in [0.1, 0.15) is 18.4 Å². The largest absolute Gasteiger partial charge is 0.479 e. The van der Waals surface area contributed by atoms with Gasteiger partial charge in [-0.2, -0.15) is 0 Å². The Morgan fingerprint density at radius 1 is 1.38 bits per heavy atom. The Bertz CT molecular complexity index is 282. The van der Waals surface area contributed by atoms with Gasteiger partial charge in [-0.3, -0.25) is 4.79 Å². The molecule has 0 aromatic rings. The van der Waals surface area contributed by atoms with E-state index in [4.69, 9.17) is 15.9 Å². The van der Waals surface area contributed by atoms with Gasteiger partial charge in [-0.15, -0.1) is 0 Å². The summed E-state index contributed by atoms with van der Waals surface area (Å²) in [4.78, 5) is 31.5. The molecule has 16 heavy (non-hydrogen) atoms. The molecule has 8 heteroatoms. The predicted molar refractivity (Wildman–Crippen MR) is 51.3 cm³/mol. The van der Waals surface area contributed by atoms with Gasteiger partial charge in [-0.25, -0.2) is 4.79 Å². The van der Waals surface area contributed by atoms with E-state index in [-0.39, 0.29) is 6.29 Å². The minimum Gasteiger partial charge on any atom is -0.479 e. The summed E-state index contributed by atoms with van der Waals surface area (Å²) in [7, 11) is 0. The number of amides is 1. The molecule has 0 aliphatic carbocycles. The lowest BCUT2D eigenvalue weighted by molar-refractivity contribution is -0.154. The molecule has 0 aliphatic heterocycles. The molecule has 0 radical (unpaired) electrons. The summed E-state index contributed by atoms with van der Waals surface area (Å²) in [6.07, 6.45) is -3.73. The number of carboxylic acids is 1. The summed E-state index contributed by atoms with van der Waals surface area (Å²) in [5.41, 5.74) is 5.34. The lowest BCUT2D eigenvalue weighted by Gasteiger charge is -2.25. The molecule has 0 aliphatic rings. The summed E-state index contributed by atoms with van der Waals surface area (Å²) in [5, 5.41) is 28.8. The molecule has 0 bridgehead atoms. The quantitative estimate of drug-likeness (QED) is 0.304. The van der Waals surface area contributed by atoms with Crippen LogP contribution in [0.25, 0.3) is 0 Å². The summed E-state index contributed by atoms with van der Waals surface area (Å²) in [6.45, 7) is 1.13. The number of nitrogens with two attached hydrogens (primary N) is 1. The number of carboxylic acid groups (broad SMARTS) is 1. The fourth-order valence-electron chi connectivity index (χ4n) is 1.02. The van der Waals surface area contributed by atoms with E-state index in [0.717, 1.165) is 6.92 Å². The van der Waals surface area contributed by atoms with Crippen LogP contribution < -0.4 is 11.1 Å². The van der Waals surface area contributed by atoms with Crippen LogP contribution in [-0.4, -0.2) is 57.8 Å². The number of hydrogen-bond acceptors (Lipinski definition) is 6. The van der Waals surface area contributed by atoms with Crippen molar-refractivity contribution in [1.29, 1.82) is 0 Å². The van der Waals surface area contributed by atoms with Gasteiger partial charge < -0.3 is 31.2 Å². The average molecular weight is 234 g/mol. The van der Waals surface area contributed by atoms with Crippen LogP contribution in [0.15, 0.2) is 0 Å². The number of carbonyl (C=O) groups is 3. The Morgan fingerprint density at radius 3 is 2.19 bits per heavy atom. The van der Waals surface area contributed by atoms with Crippen molar-refractivity contribution < 1.29 is 29.7 Å². The first-order valence-corrected chi connectivity index (χ1v) is 4.38. The zero-order chi connectivity index (χ0) is 12.9. The Kier molecular flexibility index (Phi) is 5.57. The van der Waals surface area contributed by atoms with Crippen LogP contribution >= 0.6 is 0 Å². The first-order valence-electron chi connectivity index (χ1n) is 4.38. The lowest BCUT2D eigenvalue weighted by atomic mass is 10.00. The molecule has 0 unspecified atom stereocenters. The SMILES string of the molecule is CC(=O)N[C@@H](C=O)[C@@H](N)[C@H](O)[C@H](O)C(=O)O. The number of carbonyl (C=O) groups excluding carboxylic acids is 2. The summed E-state index contributed by atoms with van der Waals surface area (Å²) in [5.74, 6) is -2.24. The normalized spacial score (nSPS) is 18.0. The van der Waals surface area contributed by atoms with Crippen LogP contribution in [0.4, 0.5) is 0 Å². The molecule has 0 spiro atoms. The number of nitrogens with one attached hydrogen (secondary N) is 1. The van der Waals surface area contributed by atoms with Crippen molar-refractivity contribution in [3.05, 3.63) is 0 Å². The minimum absolute atomic E-state index is 0.254. The van der Waals surface area contributed by atoms with E-state index in [1.807, 2.05) is 0 Å². The standard InChI is InChI=1S/C8H14N2O6/c1-3(12)10-4(2-11)5(9)6(13)7(14)8(15)16/h2,4-7,13-14H,9H2,1H3,(H,10,12)(H,15,16)/t4-,5+,6-,7-/m0/s1. The third kappa shape index (κ3) is 3.93. The molecular formula is C8H14N2O6. The second-order valence-corrected chi connectivity index (χ2v) is 3.21. The van der Waals surface area contributed by atoms with Gasteiger partial charge in [0.25, 0.3) is 0 Å². The summed E-state index contributed by atoms with van der Waals surface area (Å²) >= 11 is 0. The highest BCUT2D eigenvalue weighted by Gasteiger charge is 2.34. The van der Waals surface area contributed by atoms with E-state index in [9.17, 15) is 19.5 Å². The van der Waals surface area contributed by atoms with Crippen molar-refractivity contribution in [3.63, 3.8) is 0 Å². The van der Waals surface area contributed by atoms with Crippen molar-refractivity contribution in [2.45, 2.75) is 31.2 Å². The van der Waals surface area contributed by atoms with E-state index < -0.39 is 36.2 Å². The Morgan fingerprint density at radius 2 is 1.88 bits per heavy atom. The van der Waals surface area contributed by atoms with Gasteiger partial charge in [0.15, 0.2) is 6.10 Å². The lowest BCUT2D eigenvalue weighted by Crippen LogP contribution is -2.58. The average Bonchev–Trinajstić information content (AvgIpc) is 2.22. The first kappa shape index (κ1) is 14.5. The molecule has 8 nitrogen and oxygen atoms in total. The van der Waals surface area contributed by atoms with Gasteiger partial charge in [-0.05, 0) is 0 Å². The number of aliphatic carboxylic acids is 1. The molecule has 4 atom stereocenters. The van der Waals surface area contributed by atoms with Crippen LogP contribution in [0.5, 0.6) is 0 Å². The highest BCUT2D eigenvalue weighted by atomic mass is 16.4. The van der Waals surface area contributed by atoms with Crippen molar-refractivity contribution in [2.75, 3.05) is 0 Å². The monoisotopic (exact) mass is 234 g/mol. The van der Waals surface area contributed by atoms with Gasteiger partial charge in [-0.1, -0.05) is 0 Å². The molecule has 0 saturated carbocycles. The van der Waals surface area contributed by atoms with Crippen molar-refractivity contribution in [3.8, 4) is 0 Å².